The maximum Gasteiger partial charge on any atom is 0.191 e. The Hall–Kier alpha value is -1.35. The molecule has 2 aromatic rings. The standard InChI is InChI=1S/C18H23FN4S.HI/c1-14-5-3-6-16(23-14)13-22-18(20-2)21-11-4-12-24-17-9-7-15(19)8-10-17;/h3,5-10H,4,11-13H2,1-2H3,(H2,20,21,22);1H. The number of nitrogens with zero attached hydrogens (tertiary/aromatic N) is 2. The van der Waals surface area contributed by atoms with Gasteiger partial charge in [0, 0.05) is 24.2 Å². The highest BCUT2D eigenvalue weighted by Gasteiger charge is 2.00. The first-order valence-electron chi connectivity index (χ1n) is 7.93. The van der Waals surface area contributed by atoms with E-state index in [2.05, 4.69) is 20.6 Å². The number of hydrogen-bond acceptors (Lipinski definition) is 3. The van der Waals surface area contributed by atoms with Crippen molar-refractivity contribution in [1.82, 2.24) is 15.6 Å². The summed E-state index contributed by atoms with van der Waals surface area (Å²) in [4.78, 5) is 9.75. The van der Waals surface area contributed by atoms with E-state index in [1.807, 2.05) is 37.3 Å². The topological polar surface area (TPSA) is 49.3 Å². The van der Waals surface area contributed by atoms with Crippen LogP contribution in [0.5, 0.6) is 0 Å². The summed E-state index contributed by atoms with van der Waals surface area (Å²) in [6.45, 7) is 3.45. The number of rotatable bonds is 7. The molecule has 0 aliphatic carbocycles. The predicted octanol–water partition coefficient (Wildman–Crippen LogP) is 3.99. The van der Waals surface area contributed by atoms with Crippen LogP contribution >= 0.6 is 35.7 Å². The van der Waals surface area contributed by atoms with E-state index >= 15 is 0 Å². The predicted molar refractivity (Wildman–Crippen MR) is 114 cm³/mol. The van der Waals surface area contributed by atoms with Gasteiger partial charge < -0.3 is 10.6 Å². The number of aryl methyl sites for hydroxylation is 1. The Labute approximate surface area is 170 Å². The van der Waals surface area contributed by atoms with Gasteiger partial charge in [-0.15, -0.1) is 35.7 Å². The number of pyridine rings is 1. The van der Waals surface area contributed by atoms with Gasteiger partial charge in [0.05, 0.1) is 12.2 Å². The first kappa shape index (κ1) is 21.7. The number of halogens is 2. The van der Waals surface area contributed by atoms with E-state index in [1.165, 1.54) is 12.1 Å². The van der Waals surface area contributed by atoms with Gasteiger partial charge in [0.15, 0.2) is 5.96 Å². The highest BCUT2D eigenvalue weighted by atomic mass is 127. The molecular weight excluding hydrogens is 450 g/mol. The van der Waals surface area contributed by atoms with Crippen molar-refractivity contribution < 1.29 is 4.39 Å². The third-order valence-corrected chi connectivity index (χ3v) is 4.40. The highest BCUT2D eigenvalue weighted by molar-refractivity contribution is 14.0. The normalized spacial score (nSPS) is 10.9. The van der Waals surface area contributed by atoms with Crippen LogP contribution in [-0.4, -0.2) is 30.3 Å². The third-order valence-electron chi connectivity index (χ3n) is 3.30. The molecular formula is C18H24FIN4S. The molecule has 1 aromatic carbocycles. The van der Waals surface area contributed by atoms with Gasteiger partial charge in [-0.3, -0.25) is 9.98 Å². The molecule has 0 aliphatic heterocycles. The number of aliphatic imine (C=N–C) groups is 1. The number of hydrogen-bond donors (Lipinski definition) is 2. The summed E-state index contributed by atoms with van der Waals surface area (Å²) >= 11 is 1.72. The Morgan fingerprint density at radius 2 is 1.92 bits per heavy atom. The van der Waals surface area contributed by atoms with Gasteiger partial charge in [-0.1, -0.05) is 6.07 Å². The lowest BCUT2D eigenvalue weighted by molar-refractivity contribution is 0.626. The van der Waals surface area contributed by atoms with Gasteiger partial charge in [0.1, 0.15) is 5.82 Å². The first-order chi connectivity index (χ1) is 11.7. The lowest BCUT2D eigenvalue weighted by atomic mass is 10.3. The SMILES string of the molecule is CN=C(NCCCSc1ccc(F)cc1)NCc1cccc(C)n1.I. The fourth-order valence-electron chi connectivity index (χ4n) is 2.09. The summed E-state index contributed by atoms with van der Waals surface area (Å²) in [5, 5.41) is 6.54. The third kappa shape index (κ3) is 8.53. The quantitative estimate of drug-likeness (QED) is 0.210. The van der Waals surface area contributed by atoms with Crippen molar-refractivity contribution in [2.75, 3.05) is 19.3 Å². The molecule has 0 atom stereocenters. The molecule has 7 heteroatoms. The second-order valence-corrected chi connectivity index (χ2v) is 6.45. The molecule has 0 aliphatic rings. The molecule has 1 aromatic heterocycles. The molecule has 0 saturated carbocycles. The second kappa shape index (κ2) is 12.1. The lowest BCUT2D eigenvalue weighted by Crippen LogP contribution is -2.37. The van der Waals surface area contributed by atoms with Crippen LogP contribution in [-0.2, 0) is 6.54 Å². The van der Waals surface area contributed by atoms with Crippen molar-refractivity contribution in [2.45, 2.75) is 24.8 Å². The molecule has 0 amide bonds. The van der Waals surface area contributed by atoms with Crippen molar-refractivity contribution in [2.24, 2.45) is 4.99 Å². The van der Waals surface area contributed by atoms with E-state index in [4.69, 9.17) is 0 Å². The highest BCUT2D eigenvalue weighted by Crippen LogP contribution is 2.18. The molecule has 0 saturated heterocycles. The number of guanidine groups is 1. The smallest absolute Gasteiger partial charge is 0.191 e. The van der Waals surface area contributed by atoms with Crippen molar-refractivity contribution in [1.29, 1.82) is 0 Å². The molecule has 2 N–H and O–H groups in total. The summed E-state index contributed by atoms with van der Waals surface area (Å²) in [5.41, 5.74) is 2.00. The Morgan fingerprint density at radius 3 is 2.60 bits per heavy atom. The first-order valence-corrected chi connectivity index (χ1v) is 8.91. The number of aromatic nitrogens is 1. The fraction of sp³-hybridized carbons (Fsp3) is 0.333. The van der Waals surface area contributed by atoms with E-state index in [0.717, 1.165) is 41.0 Å². The monoisotopic (exact) mass is 474 g/mol. The van der Waals surface area contributed by atoms with Gasteiger partial charge in [-0.05, 0) is 55.5 Å². The Morgan fingerprint density at radius 1 is 1.16 bits per heavy atom. The summed E-state index contributed by atoms with van der Waals surface area (Å²) in [6.07, 6.45) is 0.992. The number of nitrogens with one attached hydrogen (secondary N) is 2. The molecule has 0 spiro atoms. The van der Waals surface area contributed by atoms with E-state index in [-0.39, 0.29) is 29.8 Å². The summed E-state index contributed by atoms with van der Waals surface area (Å²) in [6, 6.07) is 12.6. The molecule has 4 nitrogen and oxygen atoms in total. The van der Waals surface area contributed by atoms with Crippen LogP contribution in [0.4, 0.5) is 4.39 Å². The fourth-order valence-corrected chi connectivity index (χ4v) is 2.95. The Kier molecular flexibility index (Phi) is 10.5. The minimum Gasteiger partial charge on any atom is -0.356 e. The second-order valence-electron chi connectivity index (χ2n) is 5.28. The van der Waals surface area contributed by atoms with Gasteiger partial charge in [0.25, 0.3) is 0 Å². The van der Waals surface area contributed by atoms with E-state index in [1.54, 1.807) is 18.8 Å². The lowest BCUT2D eigenvalue weighted by Gasteiger charge is -2.11. The van der Waals surface area contributed by atoms with Crippen LogP contribution in [0.25, 0.3) is 0 Å². The van der Waals surface area contributed by atoms with Crippen LogP contribution in [0.2, 0.25) is 0 Å². The van der Waals surface area contributed by atoms with Crippen LogP contribution in [0.3, 0.4) is 0 Å². The Balaban J connectivity index is 0.00000312. The van der Waals surface area contributed by atoms with Crippen molar-refractivity contribution in [3.63, 3.8) is 0 Å². The largest absolute Gasteiger partial charge is 0.356 e. The molecule has 0 bridgehead atoms. The van der Waals surface area contributed by atoms with Crippen molar-refractivity contribution in [3.8, 4) is 0 Å². The number of thioether (sulfide) groups is 1. The van der Waals surface area contributed by atoms with Gasteiger partial charge in [0.2, 0.25) is 0 Å². The summed E-state index contributed by atoms with van der Waals surface area (Å²) in [7, 11) is 1.76. The van der Waals surface area contributed by atoms with Gasteiger partial charge in [-0.2, -0.15) is 0 Å². The van der Waals surface area contributed by atoms with Crippen LogP contribution in [0, 0.1) is 12.7 Å². The zero-order valence-corrected chi connectivity index (χ0v) is 17.6. The molecule has 0 fully saturated rings. The maximum absolute atomic E-state index is 12.8. The average molecular weight is 474 g/mol. The Bertz CT molecular complexity index is 664. The van der Waals surface area contributed by atoms with Crippen LogP contribution in [0.15, 0.2) is 52.4 Å². The van der Waals surface area contributed by atoms with Crippen molar-refractivity contribution >= 4 is 41.7 Å². The molecule has 2 rings (SSSR count). The minimum atomic E-state index is -0.195. The van der Waals surface area contributed by atoms with E-state index in [9.17, 15) is 4.39 Å². The van der Waals surface area contributed by atoms with Crippen molar-refractivity contribution in [3.05, 3.63) is 59.7 Å². The molecule has 136 valence electrons. The summed E-state index contributed by atoms with van der Waals surface area (Å²) < 4.78 is 12.8. The van der Waals surface area contributed by atoms with Crippen LogP contribution < -0.4 is 10.6 Å². The van der Waals surface area contributed by atoms with Gasteiger partial charge in [-0.25, -0.2) is 4.39 Å². The van der Waals surface area contributed by atoms with Crippen LogP contribution in [0.1, 0.15) is 17.8 Å². The zero-order valence-electron chi connectivity index (χ0n) is 14.5. The molecule has 25 heavy (non-hydrogen) atoms. The zero-order chi connectivity index (χ0) is 17.2. The maximum atomic E-state index is 12.8. The molecule has 0 unspecified atom stereocenters. The van der Waals surface area contributed by atoms with E-state index in [0.29, 0.717) is 6.54 Å². The summed E-state index contributed by atoms with van der Waals surface area (Å²) in [5.74, 6) is 1.54. The molecule has 0 radical (unpaired) electrons. The van der Waals surface area contributed by atoms with Gasteiger partial charge >= 0.3 is 0 Å². The van der Waals surface area contributed by atoms with E-state index < -0.39 is 0 Å². The average Bonchev–Trinajstić information content (AvgIpc) is 2.59. The number of benzene rings is 1. The minimum absolute atomic E-state index is 0. The molecule has 1 heterocycles.